The minimum atomic E-state index is -0.0130. The fourth-order valence-corrected chi connectivity index (χ4v) is 3.67. The Bertz CT molecular complexity index is 648. The number of anilines is 1. The number of rotatable bonds is 2. The van der Waals surface area contributed by atoms with Crippen molar-refractivity contribution < 1.29 is 4.79 Å². The van der Waals surface area contributed by atoms with Crippen molar-refractivity contribution in [2.24, 2.45) is 0 Å². The molecule has 102 valence electrons. The van der Waals surface area contributed by atoms with Gasteiger partial charge in [0.2, 0.25) is 5.91 Å². The Morgan fingerprint density at radius 3 is 2.50 bits per heavy atom. The molecule has 2 aromatic carbocycles. The molecule has 0 aliphatic carbocycles. The van der Waals surface area contributed by atoms with E-state index in [2.05, 4.69) is 0 Å². The quantitative estimate of drug-likeness (QED) is 0.793. The molecule has 3 rings (SSSR count). The zero-order valence-corrected chi connectivity index (χ0v) is 12.8. The molecule has 1 atom stereocenters. The molecule has 1 unspecified atom stereocenters. The lowest BCUT2D eigenvalue weighted by atomic mass is 10.2. The van der Waals surface area contributed by atoms with Crippen LogP contribution in [0.5, 0.6) is 0 Å². The maximum Gasteiger partial charge on any atom is 0.238 e. The molecule has 0 N–H and O–H groups in total. The summed E-state index contributed by atoms with van der Waals surface area (Å²) < 4.78 is 0. The molecule has 1 aliphatic heterocycles. The Labute approximate surface area is 131 Å². The summed E-state index contributed by atoms with van der Waals surface area (Å²) in [6, 6.07) is 15.3. The Morgan fingerprint density at radius 2 is 1.80 bits per heavy atom. The second-order valence-corrected chi connectivity index (χ2v) is 6.32. The smallest absolute Gasteiger partial charge is 0.238 e. The number of nitrogens with zero attached hydrogens (tertiary/aromatic N) is 1. The van der Waals surface area contributed by atoms with Crippen LogP contribution in [-0.4, -0.2) is 11.7 Å². The van der Waals surface area contributed by atoms with Gasteiger partial charge < -0.3 is 0 Å². The highest BCUT2D eigenvalue weighted by Crippen LogP contribution is 2.42. The van der Waals surface area contributed by atoms with Crippen LogP contribution in [0.4, 0.5) is 5.69 Å². The van der Waals surface area contributed by atoms with E-state index in [4.69, 9.17) is 23.2 Å². The molecule has 2 aromatic rings. The molecule has 1 aliphatic rings. The average molecular weight is 324 g/mol. The molecule has 0 bridgehead atoms. The first-order valence-corrected chi connectivity index (χ1v) is 7.91. The summed E-state index contributed by atoms with van der Waals surface area (Å²) in [5.41, 5.74) is 1.89. The van der Waals surface area contributed by atoms with Gasteiger partial charge in [-0.3, -0.25) is 9.69 Å². The van der Waals surface area contributed by atoms with Gasteiger partial charge in [0.15, 0.2) is 0 Å². The monoisotopic (exact) mass is 323 g/mol. The summed E-state index contributed by atoms with van der Waals surface area (Å²) in [7, 11) is 0. The van der Waals surface area contributed by atoms with Gasteiger partial charge in [-0.05, 0) is 23.8 Å². The molecule has 1 amide bonds. The van der Waals surface area contributed by atoms with Crippen molar-refractivity contribution in [2.75, 3.05) is 10.7 Å². The summed E-state index contributed by atoms with van der Waals surface area (Å²) in [4.78, 5) is 14.0. The maximum absolute atomic E-state index is 12.2. The van der Waals surface area contributed by atoms with E-state index < -0.39 is 0 Å². The molecule has 1 heterocycles. The first kappa shape index (κ1) is 13.8. The van der Waals surface area contributed by atoms with Crippen LogP contribution in [0, 0.1) is 0 Å². The average Bonchev–Trinajstić information content (AvgIpc) is 2.85. The summed E-state index contributed by atoms with van der Waals surface area (Å²) in [6.07, 6.45) is 0. The summed E-state index contributed by atoms with van der Waals surface area (Å²) in [6.45, 7) is 0. The minimum Gasteiger partial charge on any atom is -0.295 e. The summed E-state index contributed by atoms with van der Waals surface area (Å²) in [5.74, 6) is 0.557. The van der Waals surface area contributed by atoms with Gasteiger partial charge in [0.25, 0.3) is 0 Å². The van der Waals surface area contributed by atoms with E-state index >= 15 is 0 Å². The first-order chi connectivity index (χ1) is 9.66. The van der Waals surface area contributed by atoms with Crippen molar-refractivity contribution in [1.82, 2.24) is 0 Å². The highest BCUT2D eigenvalue weighted by molar-refractivity contribution is 8.00. The van der Waals surface area contributed by atoms with Crippen molar-refractivity contribution in [3.63, 3.8) is 0 Å². The molecule has 0 radical (unpaired) electrons. The second kappa shape index (κ2) is 5.68. The lowest BCUT2D eigenvalue weighted by molar-refractivity contribution is -0.115. The topological polar surface area (TPSA) is 20.3 Å². The number of benzene rings is 2. The first-order valence-electron chi connectivity index (χ1n) is 6.10. The van der Waals surface area contributed by atoms with Crippen molar-refractivity contribution in [1.29, 1.82) is 0 Å². The van der Waals surface area contributed by atoms with Crippen LogP contribution in [0.15, 0.2) is 48.5 Å². The molecule has 0 saturated carbocycles. The summed E-state index contributed by atoms with van der Waals surface area (Å²) in [5, 5.41) is 0.938. The van der Waals surface area contributed by atoms with E-state index in [0.29, 0.717) is 15.8 Å². The van der Waals surface area contributed by atoms with Crippen LogP contribution in [-0.2, 0) is 4.79 Å². The zero-order chi connectivity index (χ0) is 14.1. The molecule has 0 spiro atoms. The fraction of sp³-hybridized carbons (Fsp3) is 0.133. The number of amides is 1. The third-order valence-corrected chi connectivity index (χ3v) is 5.09. The molecule has 0 aromatic heterocycles. The molecular weight excluding hydrogens is 313 g/mol. The normalized spacial score (nSPS) is 18.6. The molecule has 2 nitrogen and oxygen atoms in total. The Kier molecular flexibility index (Phi) is 3.92. The molecular formula is C15H11Cl2NOS. The van der Waals surface area contributed by atoms with E-state index in [1.54, 1.807) is 28.8 Å². The lowest BCUT2D eigenvalue weighted by Gasteiger charge is -2.24. The largest absolute Gasteiger partial charge is 0.295 e. The van der Waals surface area contributed by atoms with Crippen molar-refractivity contribution >= 4 is 46.6 Å². The third-order valence-electron chi connectivity index (χ3n) is 3.13. The van der Waals surface area contributed by atoms with Crippen LogP contribution >= 0.6 is 35.0 Å². The number of hydrogen-bond donors (Lipinski definition) is 0. The number of carbonyl (C=O) groups excluding carboxylic acids is 1. The number of thioether (sulfide) groups is 1. The summed E-state index contributed by atoms with van der Waals surface area (Å²) >= 11 is 13.6. The Hall–Kier alpha value is -1.16. The van der Waals surface area contributed by atoms with Gasteiger partial charge in [0.05, 0.1) is 15.8 Å². The van der Waals surface area contributed by atoms with Gasteiger partial charge >= 0.3 is 0 Å². The predicted molar refractivity (Wildman–Crippen MR) is 85.6 cm³/mol. The van der Waals surface area contributed by atoms with Crippen molar-refractivity contribution in [3.8, 4) is 0 Å². The van der Waals surface area contributed by atoms with E-state index in [0.717, 1.165) is 11.3 Å². The third kappa shape index (κ3) is 2.53. The number of hydrogen-bond acceptors (Lipinski definition) is 2. The standard InChI is InChI=1S/C15H11Cl2NOS/c16-12-7-6-11(8-13(12)17)18-14(19)9-20-15(18)10-4-2-1-3-5-10/h1-8,15H,9H2. The molecule has 5 heteroatoms. The molecule has 20 heavy (non-hydrogen) atoms. The molecule has 1 fully saturated rings. The maximum atomic E-state index is 12.2. The Balaban J connectivity index is 2.00. The number of carbonyl (C=O) groups is 1. The van der Waals surface area contributed by atoms with Gasteiger partial charge in [-0.15, -0.1) is 11.8 Å². The molecule has 1 saturated heterocycles. The van der Waals surface area contributed by atoms with E-state index in [1.807, 2.05) is 36.4 Å². The van der Waals surface area contributed by atoms with Gasteiger partial charge in [-0.25, -0.2) is 0 Å². The van der Waals surface area contributed by atoms with Crippen LogP contribution in [0.3, 0.4) is 0 Å². The van der Waals surface area contributed by atoms with E-state index in [1.165, 1.54) is 0 Å². The van der Waals surface area contributed by atoms with E-state index in [9.17, 15) is 4.79 Å². The zero-order valence-electron chi connectivity index (χ0n) is 10.4. The van der Waals surface area contributed by atoms with E-state index in [-0.39, 0.29) is 11.3 Å². The Morgan fingerprint density at radius 1 is 1.05 bits per heavy atom. The highest BCUT2D eigenvalue weighted by atomic mass is 35.5. The second-order valence-electron chi connectivity index (χ2n) is 4.44. The van der Waals surface area contributed by atoms with Gasteiger partial charge in [0.1, 0.15) is 5.37 Å². The highest BCUT2D eigenvalue weighted by Gasteiger charge is 2.34. The van der Waals surface area contributed by atoms with Gasteiger partial charge in [-0.1, -0.05) is 53.5 Å². The van der Waals surface area contributed by atoms with Crippen molar-refractivity contribution in [3.05, 3.63) is 64.1 Å². The van der Waals surface area contributed by atoms with Crippen LogP contribution in [0.2, 0.25) is 10.0 Å². The van der Waals surface area contributed by atoms with Crippen LogP contribution in [0.25, 0.3) is 0 Å². The SMILES string of the molecule is O=C1CSC(c2ccccc2)N1c1ccc(Cl)c(Cl)c1. The van der Waals surface area contributed by atoms with Crippen LogP contribution in [0.1, 0.15) is 10.9 Å². The van der Waals surface area contributed by atoms with Gasteiger partial charge in [0, 0.05) is 5.69 Å². The minimum absolute atomic E-state index is 0.0130. The van der Waals surface area contributed by atoms with Crippen LogP contribution < -0.4 is 4.90 Å². The van der Waals surface area contributed by atoms with Gasteiger partial charge in [-0.2, -0.15) is 0 Å². The van der Waals surface area contributed by atoms with Crippen molar-refractivity contribution in [2.45, 2.75) is 5.37 Å². The predicted octanol–water partition coefficient (Wildman–Crippen LogP) is 4.77. The number of halogens is 2. The lowest BCUT2D eigenvalue weighted by Crippen LogP contribution is -2.27. The fourth-order valence-electron chi connectivity index (χ4n) is 2.20.